The summed E-state index contributed by atoms with van der Waals surface area (Å²) in [6, 6.07) is 10.4. The maximum absolute atomic E-state index is 17.1. The predicted molar refractivity (Wildman–Crippen MR) is 214 cm³/mol. The van der Waals surface area contributed by atoms with E-state index in [1.165, 1.54) is 17.4 Å². The Balaban J connectivity index is 0.00000126. The zero-order valence-electron chi connectivity index (χ0n) is 31.4. The van der Waals surface area contributed by atoms with Crippen molar-refractivity contribution in [1.82, 2.24) is 4.58 Å². The highest BCUT2D eigenvalue weighted by molar-refractivity contribution is 8.00. The highest BCUT2D eigenvalue weighted by Crippen LogP contribution is 2.54. The van der Waals surface area contributed by atoms with Crippen LogP contribution in [-0.2, 0) is 46.7 Å². The maximum atomic E-state index is 17.1. The Kier molecular flexibility index (Phi) is 10.3. The number of aliphatic carboxylic acids is 1. The minimum Gasteiger partial charge on any atom is -0.744 e. The molecule has 5 heterocycles. The molecule has 14 nitrogen and oxygen atoms in total. The van der Waals surface area contributed by atoms with Gasteiger partial charge in [0.05, 0.1) is 27.8 Å². The molecule has 0 bridgehead atoms. The third-order valence-electron chi connectivity index (χ3n) is 10.8. The molecule has 3 aromatic carbocycles. The van der Waals surface area contributed by atoms with Crippen LogP contribution in [0.15, 0.2) is 61.8 Å². The van der Waals surface area contributed by atoms with Gasteiger partial charge in [-0.2, -0.15) is 8.42 Å². The molecule has 22 heteroatoms. The largest absolute Gasteiger partial charge is 0.744 e. The Morgan fingerprint density at radius 2 is 1.63 bits per heavy atom. The number of carboxylic acid groups (broad SMARTS) is 1. The van der Waals surface area contributed by atoms with E-state index in [9.17, 15) is 35.8 Å². The van der Waals surface area contributed by atoms with Crippen LogP contribution in [0.2, 0.25) is 0 Å². The molecule has 0 atom stereocenters. The molecule has 0 unspecified atom stereocenters. The van der Waals surface area contributed by atoms with Crippen molar-refractivity contribution in [3.8, 4) is 32.4 Å². The van der Waals surface area contributed by atoms with Crippen molar-refractivity contribution in [2.75, 3.05) is 24.7 Å². The first kappa shape index (κ1) is 42.6. The summed E-state index contributed by atoms with van der Waals surface area (Å²) in [7, 11) is -9.81. The lowest BCUT2D eigenvalue weighted by atomic mass is 9.83. The minimum atomic E-state index is -5.73. The van der Waals surface area contributed by atoms with Crippen LogP contribution in [0.25, 0.3) is 26.5 Å². The molecular weight excluding hydrogens is 895 g/mol. The molecule has 59 heavy (non-hydrogen) atoms. The monoisotopic (exact) mass is 924 g/mol. The van der Waals surface area contributed by atoms with Gasteiger partial charge in [0.25, 0.3) is 0 Å². The first-order valence-electron chi connectivity index (χ1n) is 17.0. The van der Waals surface area contributed by atoms with Crippen molar-refractivity contribution in [2.24, 2.45) is 0 Å². The number of anilines is 1. The predicted octanol–water partition coefficient (Wildman–Crippen LogP) is 5.15. The molecule has 310 valence electrons. The molecule has 3 aliphatic heterocycles. The molecule has 2 N–H and O–H groups in total. The van der Waals surface area contributed by atoms with E-state index in [1.807, 2.05) is 41.8 Å². The summed E-state index contributed by atoms with van der Waals surface area (Å²) in [5.74, 6) is -4.71. The van der Waals surface area contributed by atoms with Crippen molar-refractivity contribution >= 4 is 82.5 Å². The van der Waals surface area contributed by atoms with Crippen LogP contribution < -0.4 is 24.8 Å². The van der Waals surface area contributed by atoms with E-state index >= 15 is 8.78 Å². The van der Waals surface area contributed by atoms with Crippen molar-refractivity contribution in [2.45, 2.75) is 52.8 Å². The molecular formula is C37H30F2N2O12S6. The number of fused-ring (bicyclic) bond motifs is 8. The number of hydrogen-bond donors (Lipinski definition) is 2. The van der Waals surface area contributed by atoms with Crippen molar-refractivity contribution in [3.05, 3.63) is 92.3 Å². The number of thiophene rings is 2. The molecule has 0 spiro atoms. The number of benzene rings is 3. The van der Waals surface area contributed by atoms with Gasteiger partial charge in [0.2, 0.25) is 5.36 Å². The zero-order valence-corrected chi connectivity index (χ0v) is 36.3. The Morgan fingerprint density at radius 1 is 0.966 bits per heavy atom. The number of thioether (sulfide) groups is 1. The fourth-order valence-electron chi connectivity index (χ4n) is 7.56. The third-order valence-corrected chi connectivity index (χ3v) is 16.1. The van der Waals surface area contributed by atoms with Gasteiger partial charge in [-0.05, 0) is 55.1 Å². The van der Waals surface area contributed by atoms with Crippen LogP contribution in [0.4, 0.5) is 14.5 Å². The van der Waals surface area contributed by atoms with E-state index in [4.69, 9.17) is 17.4 Å². The van der Waals surface area contributed by atoms with Crippen LogP contribution in [0.1, 0.15) is 49.9 Å². The van der Waals surface area contributed by atoms with Gasteiger partial charge in [0.15, 0.2) is 5.54 Å². The van der Waals surface area contributed by atoms with Gasteiger partial charge in [-0.25, -0.2) is 21.8 Å². The summed E-state index contributed by atoms with van der Waals surface area (Å²) in [6.45, 7) is 7.81. The first-order chi connectivity index (χ1) is 27.3. The average Bonchev–Trinajstić information content (AvgIpc) is 3.81. The van der Waals surface area contributed by atoms with Gasteiger partial charge in [-0.3, -0.25) is 9.35 Å². The van der Waals surface area contributed by atoms with E-state index < -0.39 is 80.6 Å². The molecule has 3 aliphatic rings. The highest BCUT2D eigenvalue weighted by atomic mass is 32.3. The van der Waals surface area contributed by atoms with Gasteiger partial charge >= 0.3 is 26.7 Å². The van der Waals surface area contributed by atoms with Gasteiger partial charge in [0.1, 0.15) is 49.4 Å². The number of carboxylic acids is 1. The third kappa shape index (κ3) is 6.97. The summed E-state index contributed by atoms with van der Waals surface area (Å²) >= 11 is 2.67. The fourth-order valence-corrected chi connectivity index (χ4v) is 12.1. The van der Waals surface area contributed by atoms with E-state index in [1.54, 1.807) is 31.3 Å². The van der Waals surface area contributed by atoms with Crippen molar-refractivity contribution in [3.63, 3.8) is 0 Å². The number of ether oxygens (including phenoxy) is 1. The molecule has 0 aliphatic carbocycles. The smallest absolute Gasteiger partial charge is 0.425 e. The summed E-state index contributed by atoms with van der Waals surface area (Å²) in [4.78, 5) is 12.8. The number of nitrogens with zero attached hydrogens (tertiary/aromatic N) is 2. The van der Waals surface area contributed by atoms with Crippen LogP contribution in [-0.4, -0.2) is 69.5 Å². The lowest BCUT2D eigenvalue weighted by Crippen LogP contribution is -2.46. The van der Waals surface area contributed by atoms with Gasteiger partial charge in [-0.1, -0.05) is 0 Å². The number of hydrogen-bond acceptors (Lipinski definition) is 14. The molecule has 8 rings (SSSR count). The van der Waals surface area contributed by atoms with Crippen molar-refractivity contribution in [1.29, 1.82) is 0 Å². The molecule has 0 saturated carbocycles. The van der Waals surface area contributed by atoms with Gasteiger partial charge in [0, 0.05) is 75.5 Å². The average molecular weight is 925 g/mol. The SMILES string of the molecule is CN1c2cc3c(cc2-c2sccc2C1(C)C)C(c1c(F)c(SCC(=O)O)cc(F)c1S(=O)(=O)[O-])=c1cc2c(cc1O3)=[N+](C)C(C)(C)c1cc(S(=O)(=O)O)sc1-2.O=S(=O)=O. The second kappa shape index (κ2) is 14.3. The first-order valence-corrected chi connectivity index (χ1v) is 23.5. The lowest BCUT2D eigenvalue weighted by molar-refractivity contribution is -0.133. The van der Waals surface area contributed by atoms with Gasteiger partial charge < -0.3 is 19.3 Å². The quantitative estimate of drug-likeness (QED) is 0.126. The van der Waals surface area contributed by atoms with E-state index in [2.05, 4.69) is 13.8 Å². The Bertz CT molecular complexity index is 3190. The van der Waals surface area contributed by atoms with E-state index in [-0.39, 0.29) is 32.1 Å². The number of rotatable bonds is 6. The van der Waals surface area contributed by atoms with Crippen LogP contribution >= 0.6 is 34.4 Å². The molecule has 0 amide bonds. The summed E-state index contributed by atoms with van der Waals surface area (Å²) in [6.07, 6.45) is 0. The molecule has 2 aromatic heterocycles. The highest BCUT2D eigenvalue weighted by Gasteiger charge is 2.43. The molecule has 5 aromatic rings. The minimum absolute atomic E-state index is 0.0477. The Hall–Kier alpha value is -4.55. The molecule has 0 radical (unpaired) electrons. The Morgan fingerprint density at radius 3 is 2.24 bits per heavy atom. The molecule has 0 saturated heterocycles. The summed E-state index contributed by atoms with van der Waals surface area (Å²) in [5.41, 5.74) is 1.04. The number of carbonyl (C=O) groups is 1. The van der Waals surface area contributed by atoms with E-state index in [0.717, 1.165) is 27.5 Å². The van der Waals surface area contributed by atoms with Crippen LogP contribution in [0, 0.1) is 11.6 Å². The maximum Gasteiger partial charge on any atom is 0.425 e. The van der Waals surface area contributed by atoms with Crippen LogP contribution in [0.5, 0.6) is 11.5 Å². The fraction of sp³-hybridized carbons (Fsp3) is 0.243. The van der Waals surface area contributed by atoms with Crippen molar-refractivity contribution < 1.29 is 62.0 Å². The second-order valence-electron chi connectivity index (χ2n) is 14.6. The normalized spacial score (nSPS) is 15.7. The lowest BCUT2D eigenvalue weighted by Gasteiger charge is -2.43. The number of halogens is 2. The topological polar surface area (TPSA) is 216 Å². The summed E-state index contributed by atoms with van der Waals surface area (Å²) < 4.78 is 140. The summed E-state index contributed by atoms with van der Waals surface area (Å²) in [5, 5.41) is 11.9. The van der Waals surface area contributed by atoms with Crippen LogP contribution in [0.3, 0.4) is 0 Å². The zero-order chi connectivity index (χ0) is 43.5. The van der Waals surface area contributed by atoms with E-state index in [0.29, 0.717) is 44.8 Å². The second-order valence-corrected chi connectivity index (χ2v) is 21.0. The van der Waals surface area contributed by atoms with Gasteiger partial charge in [-0.15, -0.1) is 47.1 Å². The Labute approximate surface area is 349 Å². The standard InChI is InChI=1S/C37H30F2N2O9S5.O3S/c1-36(2)20-7-8-51-33(20)16-9-18-25(13-23(16)40(36)5)50-26-14-24-17(34-21(37(3,4)41(24)6)11-29(53-34)54(44,45)46)10-19(26)30(18)31-32(39)27(52-15-28(42)43)12-22(38)35(31)55(47,48)49;1-4(2)3/h7-14H,15H2,1-6H3,(H2-,42,43,44,45,46,47,48,49);. The molecule has 0 fully saturated rings.